The van der Waals surface area contributed by atoms with Crippen molar-refractivity contribution in [2.24, 2.45) is 10.1 Å². The minimum atomic E-state index is -0.707. The summed E-state index contributed by atoms with van der Waals surface area (Å²) >= 11 is 6.34. The van der Waals surface area contributed by atoms with Gasteiger partial charge in [0.1, 0.15) is 17.3 Å². The molecule has 0 radical (unpaired) electrons. The van der Waals surface area contributed by atoms with Crippen LogP contribution in [0.2, 0.25) is 5.02 Å². The van der Waals surface area contributed by atoms with E-state index in [2.05, 4.69) is 38.0 Å². The Morgan fingerprint density at radius 2 is 1.67 bits per heavy atom. The maximum absolute atomic E-state index is 14.9. The number of halogens is 3. The van der Waals surface area contributed by atoms with Crippen LogP contribution in [0.15, 0.2) is 83.2 Å². The van der Waals surface area contributed by atoms with Crippen LogP contribution in [0.5, 0.6) is 0 Å². The Balaban J connectivity index is 1.21. The number of aliphatic imine (C=N–C) groups is 1. The van der Waals surface area contributed by atoms with Crippen LogP contribution in [0.3, 0.4) is 0 Å². The Labute approximate surface area is 285 Å². The van der Waals surface area contributed by atoms with E-state index in [1.165, 1.54) is 56.7 Å². The molecule has 0 atom stereocenters. The Morgan fingerprint density at radius 3 is 2.44 bits per heavy atom. The van der Waals surface area contributed by atoms with Gasteiger partial charge in [-0.05, 0) is 62.3 Å². The highest BCUT2D eigenvalue weighted by Gasteiger charge is 2.25. The average Bonchev–Trinajstić information content (AvgIpc) is 3.24. The zero-order valence-corrected chi connectivity index (χ0v) is 27.9. The lowest BCUT2D eigenvalue weighted by Gasteiger charge is -2.13. The third-order valence-corrected chi connectivity index (χ3v) is 8.38. The summed E-state index contributed by atoms with van der Waals surface area (Å²) in [5.41, 5.74) is 12.1. The van der Waals surface area contributed by atoms with Gasteiger partial charge in [0.15, 0.2) is 0 Å². The van der Waals surface area contributed by atoms with Crippen molar-refractivity contribution >= 4 is 34.6 Å². The molecule has 3 aromatic carbocycles. The van der Waals surface area contributed by atoms with E-state index in [1.54, 1.807) is 30.6 Å². The topological polar surface area (TPSA) is 110 Å². The number of hydrogen-bond acceptors (Lipinski definition) is 8. The molecule has 0 saturated heterocycles. The van der Waals surface area contributed by atoms with Gasteiger partial charge in [0.05, 0.1) is 23.5 Å². The second-order valence-electron chi connectivity index (χ2n) is 11.7. The van der Waals surface area contributed by atoms with Crippen LogP contribution in [0.25, 0.3) is 17.0 Å². The van der Waals surface area contributed by atoms with Crippen LogP contribution in [-0.2, 0) is 6.54 Å². The van der Waals surface area contributed by atoms with E-state index < -0.39 is 11.6 Å². The third kappa shape index (κ3) is 9.08. The summed E-state index contributed by atoms with van der Waals surface area (Å²) in [5.74, 6) is -1.07. The molecule has 1 aromatic heterocycles. The van der Waals surface area contributed by atoms with Gasteiger partial charge < -0.3 is 16.0 Å². The molecule has 0 saturated carbocycles. The van der Waals surface area contributed by atoms with Crippen LogP contribution >= 0.6 is 11.6 Å². The molecule has 2 heterocycles. The molecule has 0 unspecified atom stereocenters. The summed E-state index contributed by atoms with van der Waals surface area (Å²) in [7, 11) is 0. The highest BCUT2D eigenvalue weighted by atomic mass is 35.5. The van der Waals surface area contributed by atoms with E-state index in [-0.39, 0.29) is 17.8 Å². The molecule has 0 spiro atoms. The zero-order valence-electron chi connectivity index (χ0n) is 27.1. The van der Waals surface area contributed by atoms with Crippen molar-refractivity contribution in [3.05, 3.63) is 112 Å². The lowest BCUT2D eigenvalue weighted by Crippen LogP contribution is -2.20. The van der Waals surface area contributed by atoms with Gasteiger partial charge in [-0.3, -0.25) is 4.99 Å². The first-order chi connectivity index (χ1) is 23.5. The molecule has 1 aliphatic rings. The van der Waals surface area contributed by atoms with Crippen LogP contribution in [-0.4, -0.2) is 35.3 Å². The van der Waals surface area contributed by atoms with Gasteiger partial charge in [-0.15, -0.1) is 0 Å². The van der Waals surface area contributed by atoms with Gasteiger partial charge in [-0.1, -0.05) is 74.9 Å². The third-order valence-electron chi connectivity index (χ3n) is 8.14. The Hall–Kier alpha value is -4.54. The van der Waals surface area contributed by atoms with Gasteiger partial charge in [-0.2, -0.15) is 5.11 Å². The maximum Gasteiger partial charge on any atom is 0.227 e. The fraction of sp³-hybridized carbons (Fsp3) is 0.324. The van der Waals surface area contributed by atoms with E-state index in [9.17, 15) is 8.78 Å². The normalized spacial score (nSPS) is 12.5. The number of fused-ring (bicyclic) bond motifs is 3. The largest absolute Gasteiger partial charge is 0.389 e. The Kier molecular flexibility index (Phi) is 12.7. The van der Waals surface area contributed by atoms with Crippen LogP contribution < -0.4 is 16.0 Å². The lowest BCUT2D eigenvalue weighted by molar-refractivity contribution is 0.562. The lowest BCUT2D eigenvalue weighted by atomic mass is 9.95. The van der Waals surface area contributed by atoms with Crippen molar-refractivity contribution in [2.45, 2.75) is 58.4 Å². The minimum Gasteiger partial charge on any atom is -0.389 e. The van der Waals surface area contributed by atoms with E-state index in [1.807, 2.05) is 24.3 Å². The molecule has 1 aliphatic heterocycles. The summed E-state index contributed by atoms with van der Waals surface area (Å²) in [6.45, 7) is 5.17. The minimum absolute atomic E-state index is 0.134. The molecule has 4 N–H and O–H groups in total. The number of hydrogen-bond donors (Lipinski definition) is 4. The number of benzene rings is 3. The van der Waals surface area contributed by atoms with E-state index in [0.717, 1.165) is 37.3 Å². The number of nitrogens with zero attached hydrogens (tertiary/aromatic N) is 4. The van der Waals surface area contributed by atoms with Crippen LogP contribution in [0, 0.1) is 17.2 Å². The number of aromatic nitrogens is 2. The molecular weight excluding hydrogens is 630 g/mol. The quantitative estimate of drug-likeness (QED) is 0.0661. The zero-order chi connectivity index (χ0) is 33.7. The SMILES string of the molecule is CCCCCCCCNCCCN/C=C(\N=N)c1ccc(Nc2ncc3c(n2)-c2ccc(Cl)cc2C(c2c(F)cccc2F)=NC3)cc1. The van der Waals surface area contributed by atoms with Crippen LogP contribution in [0.1, 0.15) is 74.1 Å². The van der Waals surface area contributed by atoms with E-state index in [0.29, 0.717) is 39.1 Å². The van der Waals surface area contributed by atoms with Gasteiger partial charge >= 0.3 is 0 Å². The molecule has 4 aromatic rings. The molecule has 5 rings (SSSR count). The van der Waals surface area contributed by atoms with E-state index >= 15 is 0 Å². The first-order valence-electron chi connectivity index (χ1n) is 16.5. The summed E-state index contributed by atoms with van der Waals surface area (Å²) in [6, 6.07) is 16.4. The molecule has 48 heavy (non-hydrogen) atoms. The van der Waals surface area contributed by atoms with Crippen molar-refractivity contribution in [1.29, 1.82) is 5.53 Å². The van der Waals surface area contributed by atoms with Gasteiger partial charge in [0.2, 0.25) is 5.95 Å². The highest BCUT2D eigenvalue weighted by Crippen LogP contribution is 2.35. The first kappa shape index (κ1) is 34.8. The second-order valence-corrected chi connectivity index (χ2v) is 12.1. The van der Waals surface area contributed by atoms with Crippen molar-refractivity contribution < 1.29 is 8.78 Å². The maximum atomic E-state index is 14.9. The predicted molar refractivity (Wildman–Crippen MR) is 190 cm³/mol. The molecular formula is C37H41ClF2N8. The number of unbranched alkanes of at least 4 members (excludes halogenated alkanes) is 5. The number of nitrogens with one attached hydrogen (secondary N) is 4. The van der Waals surface area contributed by atoms with Gasteiger partial charge in [0, 0.05) is 51.9 Å². The van der Waals surface area contributed by atoms with Crippen molar-refractivity contribution in [2.75, 3.05) is 25.0 Å². The van der Waals surface area contributed by atoms with Gasteiger partial charge in [-0.25, -0.2) is 24.3 Å². The van der Waals surface area contributed by atoms with Crippen molar-refractivity contribution in [3.63, 3.8) is 0 Å². The number of anilines is 2. The Bertz CT molecular complexity index is 1740. The van der Waals surface area contributed by atoms with Crippen molar-refractivity contribution in [3.8, 4) is 11.3 Å². The van der Waals surface area contributed by atoms with E-state index in [4.69, 9.17) is 22.1 Å². The molecule has 8 nitrogen and oxygen atoms in total. The van der Waals surface area contributed by atoms with Gasteiger partial charge in [0.25, 0.3) is 0 Å². The standard InChI is InChI=1S/C37H41ClF2N8/c1-2-3-4-5-6-7-18-42-19-9-20-43-24-33(48-41)25-12-15-28(16-13-25)46-37-45-23-26-22-44-36(34-31(39)10-8-11-32(34)40)30-21-27(38)14-17-29(30)35(26)47-37/h8,10-17,21,23-24,41-43H,2-7,9,18-20,22H2,1H3,(H,45,46,47)/b33-24-,48-41?. The smallest absolute Gasteiger partial charge is 0.227 e. The Morgan fingerprint density at radius 1 is 0.917 bits per heavy atom. The molecule has 11 heteroatoms. The summed E-state index contributed by atoms with van der Waals surface area (Å²) < 4.78 is 29.7. The monoisotopic (exact) mass is 670 g/mol. The predicted octanol–water partition coefficient (Wildman–Crippen LogP) is 9.43. The number of rotatable bonds is 17. The molecule has 0 amide bonds. The molecule has 0 fully saturated rings. The highest BCUT2D eigenvalue weighted by molar-refractivity contribution is 6.31. The molecule has 250 valence electrons. The summed E-state index contributed by atoms with van der Waals surface area (Å²) in [4.78, 5) is 13.8. The second kappa shape index (κ2) is 17.6. The summed E-state index contributed by atoms with van der Waals surface area (Å²) in [5, 5.41) is 14.1. The van der Waals surface area contributed by atoms with Crippen molar-refractivity contribution in [1.82, 2.24) is 20.6 Å². The molecule has 0 aliphatic carbocycles. The fourth-order valence-electron chi connectivity index (χ4n) is 5.60. The molecule has 0 bridgehead atoms. The summed E-state index contributed by atoms with van der Waals surface area (Å²) in [6.07, 6.45) is 12.2. The fourth-order valence-corrected chi connectivity index (χ4v) is 5.77. The average molecular weight is 671 g/mol. The first-order valence-corrected chi connectivity index (χ1v) is 16.9. The van der Waals surface area contributed by atoms with Crippen LogP contribution in [0.4, 0.5) is 20.4 Å².